The molecule has 2 unspecified atom stereocenters. The van der Waals surface area contributed by atoms with E-state index < -0.39 is 9.84 Å². The van der Waals surface area contributed by atoms with Crippen LogP contribution in [0.2, 0.25) is 0 Å². The lowest BCUT2D eigenvalue weighted by atomic mass is 10.00. The molecule has 1 aromatic carbocycles. The third-order valence-corrected chi connectivity index (χ3v) is 6.42. The van der Waals surface area contributed by atoms with Gasteiger partial charge in [-0.25, -0.2) is 8.42 Å². The summed E-state index contributed by atoms with van der Waals surface area (Å²) in [6, 6.07) is 7.78. The van der Waals surface area contributed by atoms with Crippen molar-refractivity contribution in [1.82, 2.24) is 0 Å². The van der Waals surface area contributed by atoms with Gasteiger partial charge in [-0.05, 0) is 31.4 Å². The number of anilines is 1. The molecule has 2 rings (SSSR count). The lowest BCUT2D eigenvalue weighted by Gasteiger charge is -2.27. The minimum atomic E-state index is -2.91. The van der Waals surface area contributed by atoms with Crippen molar-refractivity contribution in [2.45, 2.75) is 41.1 Å². The first kappa shape index (κ1) is 13.7. The van der Waals surface area contributed by atoms with Gasteiger partial charge in [0.15, 0.2) is 0 Å². The summed E-state index contributed by atoms with van der Waals surface area (Å²) in [5.74, 6) is 0. The Morgan fingerprint density at radius 3 is 2.67 bits per heavy atom. The van der Waals surface area contributed by atoms with Gasteiger partial charge in [0.2, 0.25) is 0 Å². The molecule has 18 heavy (non-hydrogen) atoms. The van der Waals surface area contributed by atoms with Crippen LogP contribution in [0.15, 0.2) is 29.2 Å². The number of hydrogen-bond donors (Lipinski definition) is 1. The number of thioether (sulfide) groups is 1. The highest BCUT2D eigenvalue weighted by Crippen LogP contribution is 2.37. The Morgan fingerprint density at radius 2 is 2.00 bits per heavy atom. The molecule has 100 valence electrons. The highest BCUT2D eigenvalue weighted by atomic mass is 32.2. The Morgan fingerprint density at radius 1 is 1.28 bits per heavy atom. The maximum absolute atomic E-state index is 11.6. The largest absolute Gasteiger partial charge is 0.398 e. The topological polar surface area (TPSA) is 60.2 Å². The monoisotopic (exact) mass is 285 g/mol. The van der Waals surface area contributed by atoms with Crippen molar-refractivity contribution in [3.63, 3.8) is 0 Å². The zero-order valence-corrected chi connectivity index (χ0v) is 12.1. The van der Waals surface area contributed by atoms with Gasteiger partial charge in [0.25, 0.3) is 0 Å². The predicted octanol–water partition coefficient (Wildman–Crippen LogP) is 2.72. The lowest BCUT2D eigenvalue weighted by Crippen LogP contribution is -2.28. The van der Waals surface area contributed by atoms with E-state index in [1.54, 1.807) is 11.8 Å². The summed E-state index contributed by atoms with van der Waals surface area (Å²) < 4.78 is 23.2. The summed E-state index contributed by atoms with van der Waals surface area (Å²) in [4.78, 5) is 1.07. The van der Waals surface area contributed by atoms with Gasteiger partial charge in [0, 0.05) is 22.1 Å². The van der Waals surface area contributed by atoms with Crippen LogP contribution >= 0.6 is 11.8 Å². The van der Waals surface area contributed by atoms with Crippen LogP contribution in [-0.2, 0) is 9.84 Å². The Bertz CT molecular complexity index is 513. The summed E-state index contributed by atoms with van der Waals surface area (Å²) in [6.45, 7) is 0. The van der Waals surface area contributed by atoms with Crippen molar-refractivity contribution in [2.24, 2.45) is 0 Å². The molecule has 1 aliphatic carbocycles. The second-order valence-electron chi connectivity index (χ2n) is 4.90. The molecule has 0 heterocycles. The number of para-hydroxylation sites is 1. The molecule has 1 saturated carbocycles. The van der Waals surface area contributed by atoms with E-state index in [-0.39, 0.29) is 5.25 Å². The van der Waals surface area contributed by atoms with E-state index >= 15 is 0 Å². The van der Waals surface area contributed by atoms with E-state index in [0.29, 0.717) is 5.25 Å². The molecule has 0 spiro atoms. The van der Waals surface area contributed by atoms with E-state index in [0.717, 1.165) is 36.3 Å². The van der Waals surface area contributed by atoms with Crippen molar-refractivity contribution >= 4 is 27.3 Å². The van der Waals surface area contributed by atoms with E-state index in [2.05, 4.69) is 0 Å². The van der Waals surface area contributed by atoms with Crippen LogP contribution in [0.1, 0.15) is 25.7 Å². The second-order valence-corrected chi connectivity index (χ2v) is 8.56. The molecule has 1 aliphatic rings. The zero-order valence-electron chi connectivity index (χ0n) is 10.5. The van der Waals surface area contributed by atoms with Crippen molar-refractivity contribution in [2.75, 3.05) is 12.0 Å². The van der Waals surface area contributed by atoms with Crippen molar-refractivity contribution < 1.29 is 8.42 Å². The maximum Gasteiger partial charge on any atom is 0.150 e. The van der Waals surface area contributed by atoms with Gasteiger partial charge in [-0.1, -0.05) is 18.6 Å². The van der Waals surface area contributed by atoms with E-state index in [1.165, 1.54) is 6.26 Å². The minimum Gasteiger partial charge on any atom is -0.398 e. The molecule has 2 N–H and O–H groups in total. The molecule has 0 aromatic heterocycles. The van der Waals surface area contributed by atoms with Crippen molar-refractivity contribution in [3.8, 4) is 0 Å². The number of hydrogen-bond acceptors (Lipinski definition) is 4. The molecule has 1 aromatic rings. The van der Waals surface area contributed by atoms with Crippen LogP contribution in [0, 0.1) is 0 Å². The fraction of sp³-hybridized carbons (Fsp3) is 0.538. The molecule has 1 fully saturated rings. The number of sulfone groups is 1. The molecular weight excluding hydrogens is 266 g/mol. The highest BCUT2D eigenvalue weighted by molar-refractivity contribution is 8.00. The molecule has 0 aliphatic heterocycles. The maximum atomic E-state index is 11.6. The van der Waals surface area contributed by atoms with Gasteiger partial charge < -0.3 is 5.73 Å². The van der Waals surface area contributed by atoms with Crippen molar-refractivity contribution in [1.29, 1.82) is 0 Å². The Balaban J connectivity index is 2.05. The Labute approximate surface area is 113 Å². The smallest absolute Gasteiger partial charge is 0.150 e. The normalized spacial score (nSPS) is 24.9. The Kier molecular flexibility index (Phi) is 4.22. The van der Waals surface area contributed by atoms with Gasteiger partial charge in [-0.15, -0.1) is 11.8 Å². The number of rotatable bonds is 3. The molecule has 0 radical (unpaired) electrons. The van der Waals surface area contributed by atoms with Crippen LogP contribution in [0.5, 0.6) is 0 Å². The quantitative estimate of drug-likeness (QED) is 0.867. The molecule has 0 saturated heterocycles. The van der Waals surface area contributed by atoms with Crippen LogP contribution < -0.4 is 5.73 Å². The Hall–Kier alpha value is -0.680. The average molecular weight is 285 g/mol. The number of nitrogens with two attached hydrogens (primary N) is 1. The predicted molar refractivity (Wildman–Crippen MR) is 77.6 cm³/mol. The third kappa shape index (κ3) is 3.42. The lowest BCUT2D eigenvalue weighted by molar-refractivity contribution is 0.495. The molecule has 0 amide bonds. The van der Waals surface area contributed by atoms with Crippen LogP contribution in [0.25, 0.3) is 0 Å². The highest BCUT2D eigenvalue weighted by Gasteiger charge is 2.29. The van der Waals surface area contributed by atoms with E-state index in [4.69, 9.17) is 5.73 Å². The van der Waals surface area contributed by atoms with Gasteiger partial charge in [-0.3, -0.25) is 0 Å². The molecule has 2 atom stereocenters. The van der Waals surface area contributed by atoms with Crippen molar-refractivity contribution in [3.05, 3.63) is 24.3 Å². The minimum absolute atomic E-state index is 0.173. The average Bonchev–Trinajstić information content (AvgIpc) is 2.31. The SMILES string of the molecule is CS(=O)(=O)C1CCCC(Sc2ccccc2N)C1. The fourth-order valence-electron chi connectivity index (χ4n) is 2.37. The first-order chi connectivity index (χ1) is 8.47. The van der Waals surface area contributed by atoms with Crippen LogP contribution in [-0.4, -0.2) is 25.2 Å². The van der Waals surface area contributed by atoms with Gasteiger partial charge in [0.1, 0.15) is 9.84 Å². The molecular formula is C13H19NO2S2. The number of benzene rings is 1. The molecule has 0 bridgehead atoms. The number of nitrogen functional groups attached to an aromatic ring is 1. The van der Waals surface area contributed by atoms with E-state index in [1.807, 2.05) is 24.3 Å². The zero-order chi connectivity index (χ0) is 13.2. The first-order valence-corrected chi connectivity index (χ1v) is 9.00. The standard InChI is InChI=1S/C13H19NO2S2/c1-18(15,16)11-6-4-5-10(9-11)17-13-8-3-2-7-12(13)14/h2-3,7-8,10-11H,4-6,9,14H2,1H3. The van der Waals surface area contributed by atoms with Gasteiger partial charge in [0.05, 0.1) is 5.25 Å². The summed E-state index contributed by atoms with van der Waals surface area (Å²) >= 11 is 1.72. The first-order valence-electron chi connectivity index (χ1n) is 6.17. The third-order valence-electron chi connectivity index (χ3n) is 3.40. The van der Waals surface area contributed by atoms with Crippen LogP contribution in [0.3, 0.4) is 0 Å². The fourth-order valence-corrected chi connectivity index (χ4v) is 5.00. The van der Waals surface area contributed by atoms with E-state index in [9.17, 15) is 8.42 Å². The molecule has 3 nitrogen and oxygen atoms in total. The summed E-state index contributed by atoms with van der Waals surface area (Å²) in [5, 5.41) is 0.192. The molecule has 5 heteroatoms. The van der Waals surface area contributed by atoms with Gasteiger partial charge in [-0.2, -0.15) is 0 Å². The van der Waals surface area contributed by atoms with Crippen LogP contribution in [0.4, 0.5) is 5.69 Å². The summed E-state index contributed by atoms with van der Waals surface area (Å²) in [6.07, 6.45) is 4.97. The summed E-state index contributed by atoms with van der Waals surface area (Å²) in [5.41, 5.74) is 6.70. The van der Waals surface area contributed by atoms with Gasteiger partial charge >= 0.3 is 0 Å². The second kappa shape index (κ2) is 5.53. The summed E-state index contributed by atoms with van der Waals surface area (Å²) in [7, 11) is -2.91.